The van der Waals surface area contributed by atoms with Crippen LogP contribution in [0.5, 0.6) is 0 Å². The molecule has 1 heterocycles. The Labute approximate surface area is 108 Å². The van der Waals surface area contributed by atoms with Crippen molar-refractivity contribution < 1.29 is 0 Å². The molecule has 0 aromatic heterocycles. The lowest BCUT2D eigenvalue weighted by Gasteiger charge is -2.22. The van der Waals surface area contributed by atoms with E-state index in [1.807, 2.05) is 30.3 Å². The number of benzene rings is 1. The van der Waals surface area contributed by atoms with Gasteiger partial charge in [0.15, 0.2) is 0 Å². The van der Waals surface area contributed by atoms with Crippen LogP contribution in [0.4, 0.5) is 0 Å². The van der Waals surface area contributed by atoms with Gasteiger partial charge in [-0.15, -0.1) is 0 Å². The topological polar surface area (TPSA) is 12.0 Å². The third-order valence-corrected chi connectivity index (χ3v) is 4.56. The van der Waals surface area contributed by atoms with Crippen molar-refractivity contribution in [2.75, 3.05) is 18.8 Å². The highest BCUT2D eigenvalue weighted by atomic mass is 32.2. The summed E-state index contributed by atoms with van der Waals surface area (Å²) in [4.78, 5) is 0. The number of thioether (sulfide) groups is 1. The smallest absolute Gasteiger partial charge is 0.0580 e. The van der Waals surface area contributed by atoms with Crippen molar-refractivity contribution in [3.05, 3.63) is 35.9 Å². The van der Waals surface area contributed by atoms with E-state index in [1.165, 1.54) is 18.6 Å². The van der Waals surface area contributed by atoms with Gasteiger partial charge in [-0.3, -0.25) is 0 Å². The summed E-state index contributed by atoms with van der Waals surface area (Å²) in [5, 5.41) is 3.44. The van der Waals surface area contributed by atoms with Gasteiger partial charge in [-0.1, -0.05) is 30.0 Å². The van der Waals surface area contributed by atoms with Crippen molar-refractivity contribution >= 4 is 11.8 Å². The maximum atomic E-state index is 3.44. The molecule has 1 aliphatic rings. The van der Waals surface area contributed by atoms with Gasteiger partial charge in [-0.05, 0) is 37.7 Å². The Kier molecular flexibility index (Phi) is 4.53. The van der Waals surface area contributed by atoms with Crippen LogP contribution in [0.2, 0.25) is 0 Å². The molecule has 0 amide bonds. The third kappa shape index (κ3) is 4.11. The van der Waals surface area contributed by atoms with E-state index in [4.69, 9.17) is 0 Å². The molecule has 2 heteroatoms. The Bertz CT molecular complexity index is 396. The second-order valence-electron chi connectivity index (χ2n) is 4.67. The van der Waals surface area contributed by atoms with Crippen LogP contribution in [0.3, 0.4) is 0 Å². The van der Waals surface area contributed by atoms with Crippen LogP contribution in [0.15, 0.2) is 30.3 Å². The molecule has 1 aromatic rings. The normalized spacial score (nSPS) is 23.1. The summed E-state index contributed by atoms with van der Waals surface area (Å²) in [7, 11) is 0. The molecule has 1 aromatic carbocycles. The van der Waals surface area contributed by atoms with E-state index in [0.29, 0.717) is 4.75 Å². The minimum Gasteiger partial charge on any atom is -0.305 e. The number of rotatable bonds is 3. The fourth-order valence-corrected chi connectivity index (χ4v) is 3.31. The molecule has 0 spiro atoms. The van der Waals surface area contributed by atoms with Crippen molar-refractivity contribution in [1.82, 2.24) is 5.32 Å². The van der Waals surface area contributed by atoms with Crippen LogP contribution < -0.4 is 5.32 Å². The SMILES string of the molecule is CC1(CNCC#Cc2ccccc2)CCCS1. The zero-order valence-electron chi connectivity index (χ0n) is 10.3. The van der Waals surface area contributed by atoms with Crippen LogP contribution in [-0.2, 0) is 0 Å². The summed E-state index contributed by atoms with van der Waals surface area (Å²) in [6.07, 6.45) is 2.69. The fourth-order valence-electron chi connectivity index (χ4n) is 2.03. The second-order valence-corrected chi connectivity index (χ2v) is 6.36. The number of hydrogen-bond acceptors (Lipinski definition) is 2. The van der Waals surface area contributed by atoms with E-state index in [-0.39, 0.29) is 0 Å². The zero-order valence-corrected chi connectivity index (χ0v) is 11.1. The maximum absolute atomic E-state index is 3.44. The first kappa shape index (κ1) is 12.5. The largest absolute Gasteiger partial charge is 0.305 e. The summed E-state index contributed by atoms with van der Waals surface area (Å²) in [6.45, 7) is 4.20. The lowest BCUT2D eigenvalue weighted by Crippen LogP contribution is -2.33. The highest BCUT2D eigenvalue weighted by molar-refractivity contribution is 8.00. The molecule has 1 atom stereocenters. The van der Waals surface area contributed by atoms with Crippen molar-refractivity contribution in [2.45, 2.75) is 24.5 Å². The molecule has 1 unspecified atom stereocenters. The lowest BCUT2D eigenvalue weighted by atomic mass is 10.1. The average Bonchev–Trinajstić information content (AvgIpc) is 2.77. The molecule has 0 bridgehead atoms. The Morgan fingerprint density at radius 3 is 2.88 bits per heavy atom. The Morgan fingerprint density at radius 2 is 2.18 bits per heavy atom. The molecule has 90 valence electrons. The van der Waals surface area contributed by atoms with Crippen LogP contribution in [0.1, 0.15) is 25.3 Å². The molecule has 1 fully saturated rings. The van der Waals surface area contributed by atoms with E-state index >= 15 is 0 Å². The summed E-state index contributed by atoms with van der Waals surface area (Å²) >= 11 is 2.09. The minimum atomic E-state index is 0.439. The molecular formula is C15H19NS. The molecule has 1 N–H and O–H groups in total. The molecule has 17 heavy (non-hydrogen) atoms. The molecule has 2 rings (SSSR count). The first-order chi connectivity index (χ1) is 8.29. The van der Waals surface area contributed by atoms with E-state index in [0.717, 1.165) is 18.7 Å². The molecule has 1 aliphatic heterocycles. The fraction of sp³-hybridized carbons (Fsp3) is 0.467. The van der Waals surface area contributed by atoms with Gasteiger partial charge in [0.05, 0.1) is 6.54 Å². The second kappa shape index (κ2) is 6.14. The number of nitrogens with one attached hydrogen (secondary N) is 1. The summed E-state index contributed by atoms with van der Waals surface area (Å²) in [5.74, 6) is 7.65. The van der Waals surface area contributed by atoms with E-state index in [9.17, 15) is 0 Å². The molecule has 0 radical (unpaired) electrons. The van der Waals surface area contributed by atoms with Gasteiger partial charge in [0, 0.05) is 16.9 Å². The maximum Gasteiger partial charge on any atom is 0.0580 e. The van der Waals surface area contributed by atoms with Gasteiger partial charge in [0.25, 0.3) is 0 Å². The Morgan fingerprint density at radius 1 is 1.35 bits per heavy atom. The van der Waals surface area contributed by atoms with Crippen molar-refractivity contribution in [3.63, 3.8) is 0 Å². The first-order valence-electron chi connectivity index (χ1n) is 6.17. The Balaban J connectivity index is 1.71. The van der Waals surface area contributed by atoms with Gasteiger partial charge in [-0.25, -0.2) is 0 Å². The van der Waals surface area contributed by atoms with Crippen LogP contribution in [-0.4, -0.2) is 23.6 Å². The van der Waals surface area contributed by atoms with Crippen LogP contribution in [0.25, 0.3) is 0 Å². The molecule has 0 aliphatic carbocycles. The summed E-state index contributed by atoms with van der Waals surface area (Å²) in [6, 6.07) is 10.1. The quantitative estimate of drug-likeness (QED) is 0.649. The van der Waals surface area contributed by atoms with Gasteiger partial charge >= 0.3 is 0 Å². The van der Waals surface area contributed by atoms with E-state index in [2.05, 4.69) is 35.8 Å². The summed E-state index contributed by atoms with van der Waals surface area (Å²) in [5.41, 5.74) is 1.09. The highest BCUT2D eigenvalue weighted by Crippen LogP contribution is 2.36. The van der Waals surface area contributed by atoms with Gasteiger partial charge in [0.1, 0.15) is 0 Å². The first-order valence-corrected chi connectivity index (χ1v) is 7.16. The van der Waals surface area contributed by atoms with E-state index in [1.54, 1.807) is 0 Å². The van der Waals surface area contributed by atoms with Crippen LogP contribution in [0, 0.1) is 11.8 Å². The van der Waals surface area contributed by atoms with Crippen molar-refractivity contribution in [1.29, 1.82) is 0 Å². The molecular weight excluding hydrogens is 226 g/mol. The predicted molar refractivity (Wildman–Crippen MR) is 76.3 cm³/mol. The molecule has 1 nitrogen and oxygen atoms in total. The Hall–Kier alpha value is -0.910. The minimum absolute atomic E-state index is 0.439. The van der Waals surface area contributed by atoms with Crippen molar-refractivity contribution in [2.24, 2.45) is 0 Å². The summed E-state index contributed by atoms with van der Waals surface area (Å²) < 4.78 is 0.439. The van der Waals surface area contributed by atoms with Gasteiger partial charge in [-0.2, -0.15) is 11.8 Å². The number of hydrogen-bond donors (Lipinski definition) is 1. The monoisotopic (exact) mass is 245 g/mol. The highest BCUT2D eigenvalue weighted by Gasteiger charge is 2.28. The standard InChI is InChI=1S/C15H19NS/c1-15(10-6-12-17-15)13-16-11-5-9-14-7-3-2-4-8-14/h2-4,7-8,16H,6,10-13H2,1H3. The van der Waals surface area contributed by atoms with Gasteiger partial charge in [0.2, 0.25) is 0 Å². The lowest BCUT2D eigenvalue weighted by molar-refractivity contribution is 0.558. The third-order valence-electron chi connectivity index (χ3n) is 3.02. The van der Waals surface area contributed by atoms with Crippen LogP contribution >= 0.6 is 11.8 Å². The van der Waals surface area contributed by atoms with Gasteiger partial charge < -0.3 is 5.32 Å². The predicted octanol–water partition coefficient (Wildman–Crippen LogP) is 2.91. The van der Waals surface area contributed by atoms with Crippen molar-refractivity contribution in [3.8, 4) is 11.8 Å². The molecule has 1 saturated heterocycles. The average molecular weight is 245 g/mol. The molecule has 0 saturated carbocycles. The zero-order chi connectivity index (χ0) is 12.0. The van der Waals surface area contributed by atoms with E-state index < -0.39 is 0 Å².